The number of methoxy groups -OCH3 is 1. The van der Waals surface area contributed by atoms with Crippen LogP contribution in [0.1, 0.15) is 15.9 Å². The zero-order valence-electron chi connectivity index (χ0n) is 10.5. The molecule has 2 aromatic rings. The summed E-state index contributed by atoms with van der Waals surface area (Å²) in [6, 6.07) is 14.1. The number of phenols is 1. The van der Waals surface area contributed by atoms with E-state index in [0.29, 0.717) is 0 Å². The monoisotopic (exact) mass is 322 g/mol. The minimum absolute atomic E-state index is 0.133. The number of aromatic hydroxyl groups is 1. The third kappa shape index (κ3) is 3.85. The van der Waals surface area contributed by atoms with Crippen molar-refractivity contribution in [3.05, 3.63) is 59.7 Å². The first kappa shape index (κ1) is 13.7. The molecule has 0 heterocycles. The van der Waals surface area contributed by atoms with Crippen LogP contribution >= 0.6 is 0 Å². The molecule has 0 amide bonds. The minimum atomic E-state index is -0.133. The van der Waals surface area contributed by atoms with Crippen molar-refractivity contribution in [1.29, 1.82) is 0 Å². The number of rotatable bonds is 5. The summed E-state index contributed by atoms with van der Waals surface area (Å²) in [7, 11) is 1.60. The van der Waals surface area contributed by atoms with Crippen LogP contribution in [0.15, 0.2) is 48.5 Å². The molecule has 4 heteroatoms. The van der Waals surface area contributed by atoms with E-state index in [1.54, 1.807) is 43.5 Å². The summed E-state index contributed by atoms with van der Waals surface area (Å²) in [4.78, 5) is 12.0. The first-order valence-electron chi connectivity index (χ1n) is 5.78. The molecule has 2 aromatic carbocycles. The Morgan fingerprint density at radius 2 is 1.74 bits per heavy atom. The molecule has 0 saturated carbocycles. The van der Waals surface area contributed by atoms with Crippen molar-refractivity contribution in [2.45, 2.75) is 5.32 Å². The molecule has 1 N–H and O–H groups in total. The molecule has 0 aliphatic carbocycles. The number of phenolic OH excluding ortho intramolecular Hbond substituents is 1. The Hall–Kier alpha value is -1.77. The fourth-order valence-corrected chi connectivity index (χ4v) is 3.22. The van der Waals surface area contributed by atoms with Gasteiger partial charge >= 0.3 is 118 Å². The van der Waals surface area contributed by atoms with Crippen LogP contribution in [0, 0.1) is 0 Å². The zero-order chi connectivity index (χ0) is 13.7. The summed E-state index contributed by atoms with van der Waals surface area (Å²) in [6.45, 7) is 0. The van der Waals surface area contributed by atoms with E-state index in [9.17, 15) is 9.90 Å². The molecule has 0 bridgehead atoms. The van der Waals surface area contributed by atoms with Crippen molar-refractivity contribution in [2.75, 3.05) is 7.11 Å². The van der Waals surface area contributed by atoms with Gasteiger partial charge in [0, 0.05) is 0 Å². The van der Waals surface area contributed by atoms with Gasteiger partial charge in [0.2, 0.25) is 0 Å². The van der Waals surface area contributed by atoms with Gasteiger partial charge in [-0.05, 0) is 0 Å². The van der Waals surface area contributed by atoms with Gasteiger partial charge in [0.1, 0.15) is 0 Å². The van der Waals surface area contributed by atoms with Crippen LogP contribution in [0.25, 0.3) is 0 Å². The average Bonchev–Trinajstić information content (AvgIpc) is 2.46. The molecule has 0 atom stereocenters. The van der Waals surface area contributed by atoms with Gasteiger partial charge in [-0.15, -0.1) is 0 Å². The molecule has 19 heavy (non-hydrogen) atoms. The third-order valence-electron chi connectivity index (χ3n) is 2.63. The van der Waals surface area contributed by atoms with Crippen LogP contribution in [0.3, 0.4) is 0 Å². The molecule has 2 rings (SSSR count). The molecule has 98 valence electrons. The van der Waals surface area contributed by atoms with Gasteiger partial charge in [-0.25, -0.2) is 0 Å². The first-order chi connectivity index (χ1) is 9.19. The van der Waals surface area contributed by atoms with Gasteiger partial charge in [0.05, 0.1) is 0 Å². The number of benzene rings is 2. The Morgan fingerprint density at radius 1 is 1.11 bits per heavy atom. The Morgan fingerprint density at radius 3 is 2.32 bits per heavy atom. The van der Waals surface area contributed by atoms with Gasteiger partial charge in [-0.1, -0.05) is 0 Å². The molecule has 0 aliphatic rings. The Balaban J connectivity index is 1.95. The predicted molar refractivity (Wildman–Crippen MR) is 74.9 cm³/mol. The van der Waals surface area contributed by atoms with Crippen LogP contribution < -0.4 is 4.74 Å². The van der Waals surface area contributed by atoms with E-state index < -0.39 is 0 Å². The maximum absolute atomic E-state index is 12.0. The van der Waals surface area contributed by atoms with Crippen LogP contribution in [0.4, 0.5) is 0 Å². The van der Waals surface area contributed by atoms with E-state index in [1.807, 2.05) is 12.1 Å². The molecule has 0 spiro atoms. The molecule has 3 nitrogen and oxygen atoms in total. The van der Waals surface area contributed by atoms with Crippen LogP contribution in [0.2, 0.25) is 0 Å². The van der Waals surface area contributed by atoms with E-state index in [1.165, 1.54) is 0 Å². The van der Waals surface area contributed by atoms with Crippen molar-refractivity contribution >= 4 is 19.6 Å². The molecule has 0 saturated heterocycles. The van der Waals surface area contributed by atoms with E-state index in [2.05, 4.69) is 0 Å². The third-order valence-corrected chi connectivity index (χ3v) is 4.68. The predicted octanol–water partition coefficient (Wildman–Crippen LogP) is 2.45. The molecule has 0 radical (unpaired) electrons. The van der Waals surface area contributed by atoms with Crippen LogP contribution in [-0.2, 0) is 5.32 Å². The topological polar surface area (TPSA) is 46.5 Å². The zero-order valence-corrected chi connectivity index (χ0v) is 12.2. The first-order valence-corrected chi connectivity index (χ1v) is 7.85. The second kappa shape index (κ2) is 6.41. The number of hydrogen-bond donors (Lipinski definition) is 1. The molecule has 0 fully saturated rings. The van der Waals surface area contributed by atoms with E-state index in [4.69, 9.17) is 4.74 Å². The quantitative estimate of drug-likeness (QED) is 0.861. The maximum atomic E-state index is 12.0. The second-order valence-electron chi connectivity index (χ2n) is 3.97. The van der Waals surface area contributed by atoms with Crippen molar-refractivity contribution in [3.63, 3.8) is 0 Å². The number of carbonyl (C=O) groups is 1. The van der Waals surface area contributed by atoms with Gasteiger partial charge in [0.25, 0.3) is 0 Å². The fraction of sp³-hybridized carbons (Fsp3) is 0.133. The van der Waals surface area contributed by atoms with E-state index in [-0.39, 0.29) is 25.4 Å². The molecule has 0 unspecified atom stereocenters. The number of carbonyl (C=O) groups excluding carboxylic acids is 1. The number of hydrogen-bond acceptors (Lipinski definition) is 3. The Bertz CT molecular complexity index is 547. The summed E-state index contributed by atoms with van der Waals surface area (Å²) in [5, 5.41) is 9.92. The van der Waals surface area contributed by atoms with Crippen molar-refractivity contribution in [2.24, 2.45) is 0 Å². The van der Waals surface area contributed by atoms with Gasteiger partial charge in [-0.3, -0.25) is 0 Å². The summed E-state index contributed by atoms with van der Waals surface area (Å²) in [5.74, 6) is 1.00. The fourth-order valence-electron chi connectivity index (χ4n) is 1.55. The SMILES string of the molecule is COc1ccc(C(=O)[Se]Cc2ccc(O)cc2)cc1. The normalized spacial score (nSPS) is 10.2. The second-order valence-corrected chi connectivity index (χ2v) is 5.96. The van der Waals surface area contributed by atoms with Gasteiger partial charge < -0.3 is 0 Å². The van der Waals surface area contributed by atoms with Crippen LogP contribution in [0.5, 0.6) is 11.5 Å². The van der Waals surface area contributed by atoms with Crippen molar-refractivity contribution < 1.29 is 14.6 Å². The van der Waals surface area contributed by atoms with Crippen molar-refractivity contribution in [1.82, 2.24) is 0 Å². The van der Waals surface area contributed by atoms with Crippen molar-refractivity contribution in [3.8, 4) is 11.5 Å². The standard InChI is InChI=1S/C15H14O3Se/c1-18-14-8-4-12(5-9-14)15(17)19-10-11-2-6-13(16)7-3-11/h2-9,16H,10H2,1H3. The van der Waals surface area contributed by atoms with E-state index >= 15 is 0 Å². The summed E-state index contributed by atoms with van der Waals surface area (Å²) >= 11 is -0.133. The number of ether oxygens (including phenoxy) is 1. The van der Waals surface area contributed by atoms with E-state index in [0.717, 1.165) is 22.2 Å². The molecule has 0 aliphatic heterocycles. The van der Waals surface area contributed by atoms with Crippen LogP contribution in [-0.4, -0.2) is 31.9 Å². The average molecular weight is 321 g/mol. The van der Waals surface area contributed by atoms with Gasteiger partial charge in [-0.2, -0.15) is 0 Å². The molecular formula is C15H14O3Se. The Kier molecular flexibility index (Phi) is 4.61. The summed E-state index contributed by atoms with van der Waals surface area (Å²) in [5.41, 5.74) is 1.79. The Labute approximate surface area is 118 Å². The summed E-state index contributed by atoms with van der Waals surface area (Å²) < 4.78 is 5.23. The molecule has 0 aromatic heterocycles. The van der Waals surface area contributed by atoms with Gasteiger partial charge in [0.15, 0.2) is 0 Å². The molecular weight excluding hydrogens is 307 g/mol. The summed E-state index contributed by atoms with van der Waals surface area (Å²) in [6.07, 6.45) is 0.